The number of rotatable bonds is 10. The van der Waals surface area contributed by atoms with Crippen molar-refractivity contribution < 1.29 is 19.0 Å². The summed E-state index contributed by atoms with van der Waals surface area (Å²) < 4.78 is 16.4. The van der Waals surface area contributed by atoms with Gasteiger partial charge in [0.15, 0.2) is 5.96 Å². The first kappa shape index (κ1) is 21.6. The molecule has 28 heavy (non-hydrogen) atoms. The monoisotopic (exact) mass is 389 g/mol. The summed E-state index contributed by atoms with van der Waals surface area (Å²) in [5, 5.41) is 17.0. The van der Waals surface area contributed by atoms with Gasteiger partial charge in [-0.3, -0.25) is 0 Å². The maximum atomic E-state index is 10.6. The van der Waals surface area contributed by atoms with Crippen LogP contribution in [-0.2, 0) is 5.60 Å². The fourth-order valence-corrected chi connectivity index (χ4v) is 2.54. The summed E-state index contributed by atoms with van der Waals surface area (Å²) in [6.07, 6.45) is 0.801. The molecule has 0 aliphatic rings. The van der Waals surface area contributed by atoms with Gasteiger partial charge >= 0.3 is 0 Å². The summed E-state index contributed by atoms with van der Waals surface area (Å²) in [4.78, 5) is 4.48. The van der Waals surface area contributed by atoms with Gasteiger partial charge in [-0.25, -0.2) is 4.99 Å². The number of methoxy groups -OCH3 is 1. The molecule has 1 unspecified atom stereocenters. The van der Waals surface area contributed by atoms with Crippen LogP contribution in [0.3, 0.4) is 0 Å². The molecule has 0 spiro atoms. The number of ether oxygens (including phenoxy) is 2. The van der Waals surface area contributed by atoms with Crippen molar-refractivity contribution in [2.24, 2.45) is 4.99 Å². The fourth-order valence-electron chi connectivity index (χ4n) is 2.54. The number of furan rings is 1. The van der Waals surface area contributed by atoms with Gasteiger partial charge in [0.2, 0.25) is 0 Å². The van der Waals surface area contributed by atoms with E-state index in [4.69, 9.17) is 13.9 Å². The predicted molar refractivity (Wildman–Crippen MR) is 110 cm³/mol. The number of hydrogen-bond donors (Lipinski definition) is 3. The van der Waals surface area contributed by atoms with E-state index in [9.17, 15) is 5.11 Å². The van der Waals surface area contributed by atoms with E-state index in [2.05, 4.69) is 15.6 Å². The Morgan fingerprint density at radius 2 is 2.00 bits per heavy atom. The van der Waals surface area contributed by atoms with Gasteiger partial charge in [0, 0.05) is 19.2 Å². The first-order valence-corrected chi connectivity index (χ1v) is 9.53. The molecule has 0 amide bonds. The van der Waals surface area contributed by atoms with Crippen LogP contribution in [0.5, 0.6) is 11.5 Å². The molecule has 2 aromatic rings. The lowest BCUT2D eigenvalue weighted by Crippen LogP contribution is -2.39. The second kappa shape index (κ2) is 10.6. The van der Waals surface area contributed by atoms with Crippen LogP contribution in [0.4, 0.5) is 0 Å². The zero-order chi connectivity index (χ0) is 20.4. The zero-order valence-electron chi connectivity index (χ0n) is 17.1. The molecule has 0 saturated carbocycles. The van der Waals surface area contributed by atoms with Crippen molar-refractivity contribution in [2.45, 2.75) is 32.8 Å². The van der Waals surface area contributed by atoms with E-state index >= 15 is 0 Å². The molecule has 0 bridgehead atoms. The summed E-state index contributed by atoms with van der Waals surface area (Å²) in [5.74, 6) is 3.48. The van der Waals surface area contributed by atoms with Crippen molar-refractivity contribution >= 4 is 5.96 Å². The number of guanidine groups is 1. The number of nitrogens with zero attached hydrogens (tertiary/aromatic N) is 1. The van der Waals surface area contributed by atoms with Gasteiger partial charge in [0.1, 0.15) is 28.6 Å². The van der Waals surface area contributed by atoms with Crippen molar-refractivity contribution in [3.05, 3.63) is 47.9 Å². The summed E-state index contributed by atoms with van der Waals surface area (Å²) in [6.45, 7) is 7.73. The van der Waals surface area contributed by atoms with E-state index in [0.717, 1.165) is 30.2 Å². The number of aryl methyl sites for hydroxylation is 1. The second-order valence-electron chi connectivity index (χ2n) is 6.69. The van der Waals surface area contributed by atoms with Crippen LogP contribution in [0.15, 0.2) is 45.8 Å². The molecule has 0 fully saturated rings. The first-order valence-electron chi connectivity index (χ1n) is 9.53. The molecule has 1 atom stereocenters. The smallest absolute Gasteiger partial charge is 0.191 e. The van der Waals surface area contributed by atoms with Crippen molar-refractivity contribution in [3.8, 4) is 11.5 Å². The summed E-state index contributed by atoms with van der Waals surface area (Å²) in [7, 11) is 1.63. The SMILES string of the molecule is CCNC(=NCC(C)(O)c1ccc(C)o1)NCCCOc1cccc(OC)c1. The Labute approximate surface area is 166 Å². The van der Waals surface area contributed by atoms with Gasteiger partial charge in [0.05, 0.1) is 20.3 Å². The number of aliphatic imine (C=N–C) groups is 1. The van der Waals surface area contributed by atoms with Crippen LogP contribution >= 0.6 is 0 Å². The molecule has 1 heterocycles. The quantitative estimate of drug-likeness (QED) is 0.329. The molecule has 3 N–H and O–H groups in total. The Bertz CT molecular complexity index is 756. The lowest BCUT2D eigenvalue weighted by molar-refractivity contribution is 0.0428. The Balaban J connectivity index is 1.79. The van der Waals surface area contributed by atoms with Crippen molar-refractivity contribution in [1.29, 1.82) is 0 Å². The molecule has 1 aromatic heterocycles. The van der Waals surface area contributed by atoms with Gasteiger partial charge in [0.25, 0.3) is 0 Å². The topological polar surface area (TPSA) is 88.3 Å². The van der Waals surface area contributed by atoms with Gasteiger partial charge in [-0.1, -0.05) is 6.07 Å². The first-order chi connectivity index (χ1) is 13.4. The van der Waals surface area contributed by atoms with Crippen LogP contribution in [0.1, 0.15) is 31.8 Å². The largest absolute Gasteiger partial charge is 0.497 e. The number of aliphatic hydroxyl groups is 1. The Morgan fingerprint density at radius 1 is 1.21 bits per heavy atom. The molecular formula is C21H31N3O4. The van der Waals surface area contributed by atoms with Gasteiger partial charge in [-0.05, 0) is 51.5 Å². The van der Waals surface area contributed by atoms with Crippen molar-refractivity contribution in [1.82, 2.24) is 10.6 Å². The number of hydrogen-bond acceptors (Lipinski definition) is 5. The van der Waals surface area contributed by atoms with Crippen LogP contribution < -0.4 is 20.1 Å². The second-order valence-corrected chi connectivity index (χ2v) is 6.69. The van der Waals surface area contributed by atoms with Crippen LogP contribution in [0, 0.1) is 6.92 Å². The summed E-state index contributed by atoms with van der Waals surface area (Å²) in [6, 6.07) is 11.2. The molecule has 0 saturated heterocycles. The molecule has 2 rings (SSSR count). The minimum atomic E-state index is -1.16. The van der Waals surface area contributed by atoms with Crippen LogP contribution in [0.25, 0.3) is 0 Å². The Kier molecular flexibility index (Phi) is 8.19. The van der Waals surface area contributed by atoms with Crippen LogP contribution in [-0.4, -0.2) is 44.4 Å². The van der Waals surface area contributed by atoms with E-state index in [-0.39, 0.29) is 6.54 Å². The van der Waals surface area contributed by atoms with E-state index in [1.807, 2.05) is 44.2 Å². The van der Waals surface area contributed by atoms with Crippen LogP contribution in [0.2, 0.25) is 0 Å². The fraction of sp³-hybridized carbons (Fsp3) is 0.476. The molecule has 0 aliphatic heterocycles. The maximum Gasteiger partial charge on any atom is 0.191 e. The highest BCUT2D eigenvalue weighted by Crippen LogP contribution is 2.23. The summed E-state index contributed by atoms with van der Waals surface area (Å²) in [5.41, 5.74) is -1.16. The number of benzene rings is 1. The average molecular weight is 389 g/mol. The minimum absolute atomic E-state index is 0.190. The lowest BCUT2D eigenvalue weighted by Gasteiger charge is -2.19. The Morgan fingerprint density at radius 3 is 2.68 bits per heavy atom. The van der Waals surface area contributed by atoms with E-state index in [1.165, 1.54) is 0 Å². The lowest BCUT2D eigenvalue weighted by atomic mass is 10.0. The third kappa shape index (κ3) is 6.81. The van der Waals surface area contributed by atoms with Gasteiger partial charge < -0.3 is 29.6 Å². The average Bonchev–Trinajstić information content (AvgIpc) is 3.13. The maximum absolute atomic E-state index is 10.6. The normalized spacial score (nSPS) is 13.7. The van der Waals surface area contributed by atoms with E-state index in [1.54, 1.807) is 20.1 Å². The van der Waals surface area contributed by atoms with E-state index < -0.39 is 5.60 Å². The molecule has 0 aliphatic carbocycles. The molecule has 7 heteroatoms. The standard InChI is InChI=1S/C21H31N3O4/c1-5-22-20(24-15-21(3,25)19-11-10-16(2)28-19)23-12-7-13-27-18-9-6-8-17(14-18)26-4/h6,8-11,14,25H,5,7,12-13,15H2,1-4H3,(H2,22,23,24). The molecule has 7 nitrogen and oxygen atoms in total. The Hall–Kier alpha value is -2.67. The summed E-state index contributed by atoms with van der Waals surface area (Å²) >= 11 is 0. The highest BCUT2D eigenvalue weighted by molar-refractivity contribution is 5.79. The highest BCUT2D eigenvalue weighted by atomic mass is 16.5. The highest BCUT2D eigenvalue weighted by Gasteiger charge is 2.26. The third-order valence-electron chi connectivity index (χ3n) is 4.08. The molecular weight excluding hydrogens is 358 g/mol. The molecule has 154 valence electrons. The minimum Gasteiger partial charge on any atom is -0.497 e. The predicted octanol–water partition coefficient (Wildman–Crippen LogP) is 2.83. The molecule has 0 radical (unpaired) electrons. The molecule has 1 aromatic carbocycles. The van der Waals surface area contributed by atoms with Crippen molar-refractivity contribution in [3.63, 3.8) is 0 Å². The number of nitrogens with one attached hydrogen (secondary N) is 2. The van der Waals surface area contributed by atoms with E-state index in [0.29, 0.717) is 24.9 Å². The van der Waals surface area contributed by atoms with Crippen molar-refractivity contribution in [2.75, 3.05) is 33.4 Å². The third-order valence-corrected chi connectivity index (χ3v) is 4.08. The van der Waals surface area contributed by atoms with Gasteiger partial charge in [-0.2, -0.15) is 0 Å². The zero-order valence-corrected chi connectivity index (χ0v) is 17.1. The van der Waals surface area contributed by atoms with Gasteiger partial charge in [-0.15, -0.1) is 0 Å².